The molecule has 3 aliphatic heterocycles. The average molecular weight is 394 g/mol. The Kier molecular flexibility index (Phi) is 4.57. The van der Waals surface area contributed by atoms with Crippen LogP contribution in [0.5, 0.6) is 0 Å². The van der Waals surface area contributed by atoms with Crippen molar-refractivity contribution in [2.75, 3.05) is 23.7 Å². The highest BCUT2D eigenvalue weighted by Crippen LogP contribution is 2.39. The van der Waals surface area contributed by atoms with Crippen molar-refractivity contribution in [1.82, 2.24) is 10.6 Å². The summed E-state index contributed by atoms with van der Waals surface area (Å²) in [5.74, 6) is -1.53. The molecule has 1 amide bonds. The van der Waals surface area contributed by atoms with Gasteiger partial charge in [-0.05, 0) is 37.5 Å². The van der Waals surface area contributed by atoms with Crippen LogP contribution in [-0.2, 0) is 22.2 Å². The van der Waals surface area contributed by atoms with E-state index in [1.165, 1.54) is 12.3 Å². The number of halogens is 3. The van der Waals surface area contributed by atoms with Crippen LogP contribution in [0.3, 0.4) is 0 Å². The molecule has 0 aliphatic carbocycles. The van der Waals surface area contributed by atoms with Gasteiger partial charge in [0.2, 0.25) is 0 Å². The second-order valence-corrected chi connectivity index (χ2v) is 7.53. The number of hydrogen-bond acceptors (Lipinski definition) is 5. The number of carbonyl (C=O) groups is 2. The van der Waals surface area contributed by atoms with E-state index in [-0.39, 0.29) is 35.0 Å². The Balaban J connectivity index is 1.60. The number of fused-ring (bicyclic) bond motifs is 2. The van der Waals surface area contributed by atoms with Crippen LogP contribution in [0.2, 0.25) is 0 Å². The summed E-state index contributed by atoms with van der Waals surface area (Å²) in [6.45, 7) is 3.10. The van der Waals surface area contributed by atoms with E-state index in [1.54, 1.807) is 0 Å². The number of alkyl halides is 3. The van der Waals surface area contributed by atoms with E-state index < -0.39 is 17.6 Å². The van der Waals surface area contributed by atoms with Crippen LogP contribution < -0.4 is 21.3 Å². The normalized spacial score (nSPS) is 26.5. The first kappa shape index (κ1) is 18.8. The van der Waals surface area contributed by atoms with E-state index in [4.69, 9.17) is 0 Å². The zero-order chi connectivity index (χ0) is 20.1. The van der Waals surface area contributed by atoms with Crippen LogP contribution in [0, 0.1) is 5.92 Å². The molecular formula is C19H21F3N4O2. The number of piperidine rings is 1. The third kappa shape index (κ3) is 3.34. The second-order valence-electron chi connectivity index (χ2n) is 7.53. The first-order valence-corrected chi connectivity index (χ1v) is 9.27. The Labute approximate surface area is 159 Å². The molecule has 0 spiro atoms. The van der Waals surface area contributed by atoms with Gasteiger partial charge in [0.05, 0.1) is 16.8 Å². The summed E-state index contributed by atoms with van der Waals surface area (Å²) in [7, 11) is 0. The van der Waals surface area contributed by atoms with E-state index in [1.807, 2.05) is 6.92 Å². The molecule has 3 unspecified atom stereocenters. The van der Waals surface area contributed by atoms with Gasteiger partial charge in [-0.25, -0.2) is 0 Å². The van der Waals surface area contributed by atoms with Gasteiger partial charge in [-0.2, -0.15) is 13.2 Å². The van der Waals surface area contributed by atoms with E-state index in [0.717, 1.165) is 6.07 Å². The fraction of sp³-hybridized carbons (Fsp3) is 0.474. The molecule has 9 heteroatoms. The number of anilines is 2. The summed E-state index contributed by atoms with van der Waals surface area (Å²) in [4.78, 5) is 25.4. The van der Waals surface area contributed by atoms with Gasteiger partial charge >= 0.3 is 6.18 Å². The Morgan fingerprint density at radius 2 is 2.07 bits per heavy atom. The minimum atomic E-state index is -4.61. The number of ketones is 1. The molecule has 4 N–H and O–H groups in total. The molecule has 6 nitrogen and oxygen atoms in total. The largest absolute Gasteiger partial charge is 0.418 e. The summed E-state index contributed by atoms with van der Waals surface area (Å²) >= 11 is 0. The summed E-state index contributed by atoms with van der Waals surface area (Å²) in [6, 6.07) is 2.37. The van der Waals surface area contributed by atoms with Gasteiger partial charge in [0.25, 0.3) is 5.91 Å². The highest BCUT2D eigenvalue weighted by molar-refractivity contribution is 6.24. The Morgan fingerprint density at radius 1 is 1.29 bits per heavy atom. The predicted molar refractivity (Wildman–Crippen MR) is 97.9 cm³/mol. The van der Waals surface area contributed by atoms with Gasteiger partial charge in [0.15, 0.2) is 5.78 Å². The number of rotatable bonds is 2. The molecule has 1 aromatic carbocycles. The maximum atomic E-state index is 13.5. The predicted octanol–water partition coefficient (Wildman–Crippen LogP) is 2.03. The van der Waals surface area contributed by atoms with Crippen molar-refractivity contribution in [2.24, 2.45) is 5.92 Å². The molecule has 0 aromatic heterocycles. The van der Waals surface area contributed by atoms with Gasteiger partial charge < -0.3 is 21.3 Å². The van der Waals surface area contributed by atoms with E-state index >= 15 is 0 Å². The van der Waals surface area contributed by atoms with E-state index in [2.05, 4.69) is 21.3 Å². The van der Waals surface area contributed by atoms with Crippen molar-refractivity contribution in [3.63, 3.8) is 0 Å². The average Bonchev–Trinajstić information content (AvgIpc) is 3.08. The first-order valence-electron chi connectivity index (χ1n) is 9.27. The molecule has 150 valence electrons. The fourth-order valence-corrected chi connectivity index (χ4v) is 4.08. The van der Waals surface area contributed by atoms with Gasteiger partial charge in [-0.3, -0.25) is 9.59 Å². The minimum Gasteiger partial charge on any atom is -0.385 e. The highest BCUT2D eigenvalue weighted by atomic mass is 19.4. The second kappa shape index (κ2) is 6.80. The molecule has 0 radical (unpaired) electrons. The summed E-state index contributed by atoms with van der Waals surface area (Å²) in [6.07, 6.45) is -2.23. The third-order valence-electron chi connectivity index (χ3n) is 5.57. The van der Waals surface area contributed by atoms with Crippen molar-refractivity contribution in [1.29, 1.82) is 0 Å². The molecule has 3 heterocycles. The van der Waals surface area contributed by atoms with Gasteiger partial charge in [0, 0.05) is 43.0 Å². The lowest BCUT2D eigenvalue weighted by Gasteiger charge is -2.37. The number of amides is 1. The molecular weight excluding hydrogens is 373 g/mol. The maximum absolute atomic E-state index is 13.5. The number of carbonyl (C=O) groups excluding carboxylic acids is 2. The molecule has 1 fully saturated rings. The Hall–Kier alpha value is -2.55. The molecule has 3 aliphatic rings. The highest BCUT2D eigenvalue weighted by Gasteiger charge is 2.40. The maximum Gasteiger partial charge on any atom is 0.418 e. The number of Topliss-reactive ketones (excluding diaryl/α,β-unsaturated/α-hetero) is 1. The topological polar surface area (TPSA) is 82.3 Å². The van der Waals surface area contributed by atoms with Crippen LogP contribution in [-0.4, -0.2) is 36.9 Å². The van der Waals surface area contributed by atoms with Crippen LogP contribution in [0.15, 0.2) is 23.9 Å². The SMILES string of the molecule is CC1CC2C(=O)C(C(=O)Nc3cc4c(cc3C(F)(F)F)CCN4)=CNC2CN1. The lowest BCUT2D eigenvalue weighted by Crippen LogP contribution is -2.56. The Bertz CT molecular complexity index is 865. The zero-order valence-corrected chi connectivity index (χ0v) is 15.2. The van der Waals surface area contributed by atoms with Crippen molar-refractivity contribution in [3.05, 3.63) is 35.0 Å². The van der Waals surface area contributed by atoms with Gasteiger partial charge in [-0.1, -0.05) is 0 Å². The summed E-state index contributed by atoms with van der Waals surface area (Å²) in [5, 5.41) is 11.6. The Morgan fingerprint density at radius 3 is 2.82 bits per heavy atom. The quantitative estimate of drug-likeness (QED) is 0.577. The van der Waals surface area contributed by atoms with E-state index in [0.29, 0.717) is 37.2 Å². The van der Waals surface area contributed by atoms with Crippen molar-refractivity contribution >= 4 is 23.1 Å². The van der Waals surface area contributed by atoms with E-state index in [9.17, 15) is 22.8 Å². The van der Waals surface area contributed by atoms with Gasteiger partial charge in [-0.15, -0.1) is 0 Å². The molecule has 4 rings (SSSR count). The molecule has 3 atom stereocenters. The molecule has 1 aromatic rings. The first-order chi connectivity index (χ1) is 13.2. The number of benzene rings is 1. The van der Waals surface area contributed by atoms with Crippen LogP contribution in [0.1, 0.15) is 24.5 Å². The molecule has 0 bridgehead atoms. The smallest absolute Gasteiger partial charge is 0.385 e. The van der Waals surface area contributed by atoms with Crippen molar-refractivity contribution in [2.45, 2.75) is 38.0 Å². The van der Waals surface area contributed by atoms with Crippen molar-refractivity contribution in [3.8, 4) is 0 Å². The number of hydrogen-bond donors (Lipinski definition) is 4. The third-order valence-corrected chi connectivity index (χ3v) is 5.57. The number of nitrogens with one attached hydrogen (secondary N) is 4. The standard InChI is InChI=1S/C19H21F3N4O2/c1-9-4-11-16(8-24-9)25-7-12(17(11)27)18(28)26-15-6-14-10(2-3-23-14)5-13(15)19(20,21)22/h5-7,9,11,16,23-25H,2-4,8H2,1H3,(H,26,28). The van der Waals surface area contributed by atoms with Crippen LogP contribution in [0.4, 0.5) is 24.5 Å². The minimum absolute atomic E-state index is 0.116. The fourth-order valence-electron chi connectivity index (χ4n) is 4.08. The van der Waals surface area contributed by atoms with Crippen LogP contribution >= 0.6 is 0 Å². The summed E-state index contributed by atoms with van der Waals surface area (Å²) in [5.41, 5.74) is -0.269. The zero-order valence-electron chi connectivity index (χ0n) is 15.2. The molecule has 1 saturated heterocycles. The lowest BCUT2D eigenvalue weighted by atomic mass is 9.80. The van der Waals surface area contributed by atoms with Crippen molar-refractivity contribution < 1.29 is 22.8 Å². The molecule has 0 saturated carbocycles. The van der Waals surface area contributed by atoms with Crippen LogP contribution in [0.25, 0.3) is 0 Å². The lowest BCUT2D eigenvalue weighted by molar-refractivity contribution is -0.137. The summed E-state index contributed by atoms with van der Waals surface area (Å²) < 4.78 is 40.4. The molecule has 28 heavy (non-hydrogen) atoms. The van der Waals surface area contributed by atoms with Gasteiger partial charge in [0.1, 0.15) is 0 Å². The monoisotopic (exact) mass is 394 g/mol.